The molecular formula is C21H27FN2O3. The van der Waals surface area contributed by atoms with E-state index in [1.54, 1.807) is 17.0 Å². The Balaban J connectivity index is 1.41. The van der Waals surface area contributed by atoms with Crippen LogP contribution in [0, 0.1) is 11.7 Å². The number of piperidine rings is 1. The fraction of sp³-hybridized carbons (Fsp3) is 0.619. The number of rotatable bonds is 4. The molecule has 146 valence electrons. The van der Waals surface area contributed by atoms with Crippen LogP contribution in [0.15, 0.2) is 24.3 Å². The van der Waals surface area contributed by atoms with Crippen molar-refractivity contribution in [2.24, 2.45) is 5.92 Å². The summed E-state index contributed by atoms with van der Waals surface area (Å²) in [6.45, 7) is 2.65. The maximum atomic E-state index is 13.4. The van der Waals surface area contributed by atoms with E-state index in [0.29, 0.717) is 24.6 Å². The van der Waals surface area contributed by atoms with Gasteiger partial charge in [0.15, 0.2) is 0 Å². The second-order valence-electron chi connectivity index (χ2n) is 7.90. The zero-order valence-electron chi connectivity index (χ0n) is 15.6. The summed E-state index contributed by atoms with van der Waals surface area (Å²) in [6, 6.07) is 6.32. The van der Waals surface area contributed by atoms with E-state index in [1.807, 2.05) is 0 Å². The van der Waals surface area contributed by atoms with Crippen LogP contribution in [-0.2, 0) is 9.53 Å². The molecule has 0 bridgehead atoms. The normalized spacial score (nSPS) is 21.9. The number of amides is 2. The van der Waals surface area contributed by atoms with Gasteiger partial charge in [-0.05, 0) is 56.7 Å². The maximum absolute atomic E-state index is 13.4. The predicted octanol–water partition coefficient (Wildman–Crippen LogP) is 2.85. The van der Waals surface area contributed by atoms with Crippen molar-refractivity contribution < 1.29 is 18.7 Å². The lowest BCUT2D eigenvalue weighted by molar-refractivity contribution is -0.141. The molecular weight excluding hydrogens is 347 g/mol. The van der Waals surface area contributed by atoms with Crippen molar-refractivity contribution in [3.8, 4) is 0 Å². The summed E-state index contributed by atoms with van der Waals surface area (Å²) in [7, 11) is 0. The third-order valence-electron chi connectivity index (χ3n) is 5.98. The molecule has 2 aliphatic heterocycles. The molecule has 4 rings (SSSR count). The molecule has 0 unspecified atom stereocenters. The summed E-state index contributed by atoms with van der Waals surface area (Å²) < 4.78 is 18.9. The zero-order valence-corrected chi connectivity index (χ0v) is 15.6. The molecule has 1 aromatic rings. The van der Waals surface area contributed by atoms with Crippen molar-refractivity contribution in [3.63, 3.8) is 0 Å². The molecule has 2 saturated heterocycles. The van der Waals surface area contributed by atoms with Crippen LogP contribution >= 0.6 is 0 Å². The number of likely N-dealkylation sites (tertiary alicyclic amines) is 1. The van der Waals surface area contributed by atoms with E-state index in [9.17, 15) is 14.0 Å². The minimum Gasteiger partial charge on any atom is -0.381 e. The second-order valence-corrected chi connectivity index (χ2v) is 7.90. The van der Waals surface area contributed by atoms with Gasteiger partial charge in [0, 0.05) is 49.9 Å². The quantitative estimate of drug-likeness (QED) is 0.814. The zero-order chi connectivity index (χ0) is 18.8. The Morgan fingerprint density at radius 3 is 2.30 bits per heavy atom. The summed E-state index contributed by atoms with van der Waals surface area (Å²) in [5, 5.41) is 0. The molecule has 0 spiro atoms. The van der Waals surface area contributed by atoms with Gasteiger partial charge in [-0.25, -0.2) is 4.39 Å². The van der Waals surface area contributed by atoms with Crippen molar-refractivity contribution in [1.82, 2.24) is 9.80 Å². The first-order valence-corrected chi connectivity index (χ1v) is 10.1. The molecule has 0 aromatic heterocycles. The summed E-state index contributed by atoms with van der Waals surface area (Å²) in [6.07, 6.45) is 5.40. The molecule has 5 nitrogen and oxygen atoms in total. The van der Waals surface area contributed by atoms with Crippen LogP contribution in [0.2, 0.25) is 0 Å². The first kappa shape index (κ1) is 18.4. The number of carbonyl (C=O) groups excluding carboxylic acids is 2. The molecule has 0 radical (unpaired) electrons. The number of ether oxygens (including phenoxy) is 1. The summed E-state index contributed by atoms with van der Waals surface area (Å²) in [5.41, 5.74) is 0.392. The van der Waals surface area contributed by atoms with Gasteiger partial charge in [0.25, 0.3) is 5.91 Å². The van der Waals surface area contributed by atoms with Gasteiger partial charge in [0.05, 0.1) is 0 Å². The predicted molar refractivity (Wildman–Crippen MR) is 98.7 cm³/mol. The van der Waals surface area contributed by atoms with Crippen LogP contribution in [0.1, 0.15) is 48.9 Å². The van der Waals surface area contributed by atoms with Gasteiger partial charge in [-0.2, -0.15) is 0 Å². The minimum atomic E-state index is -0.392. The Hall–Kier alpha value is -1.95. The van der Waals surface area contributed by atoms with Crippen molar-refractivity contribution in [3.05, 3.63) is 35.6 Å². The molecule has 27 heavy (non-hydrogen) atoms. The molecule has 1 aromatic carbocycles. The van der Waals surface area contributed by atoms with Crippen molar-refractivity contribution in [2.45, 2.75) is 50.6 Å². The highest BCUT2D eigenvalue weighted by Gasteiger charge is 2.41. The van der Waals surface area contributed by atoms with Gasteiger partial charge < -0.3 is 14.5 Å². The molecule has 3 fully saturated rings. The fourth-order valence-electron chi connectivity index (χ4n) is 4.31. The summed E-state index contributed by atoms with van der Waals surface area (Å²) >= 11 is 0. The Morgan fingerprint density at radius 1 is 1.00 bits per heavy atom. The molecule has 0 N–H and O–H groups in total. The highest BCUT2D eigenvalue weighted by molar-refractivity contribution is 5.94. The Bertz CT molecular complexity index is 692. The van der Waals surface area contributed by atoms with E-state index in [4.69, 9.17) is 4.74 Å². The van der Waals surface area contributed by atoms with E-state index in [2.05, 4.69) is 4.90 Å². The average molecular weight is 374 g/mol. The van der Waals surface area contributed by atoms with Crippen molar-refractivity contribution in [1.29, 1.82) is 0 Å². The lowest BCUT2D eigenvalue weighted by Gasteiger charge is -2.44. The van der Waals surface area contributed by atoms with Gasteiger partial charge in [0.1, 0.15) is 5.82 Å². The van der Waals surface area contributed by atoms with E-state index in [1.165, 1.54) is 12.1 Å². The van der Waals surface area contributed by atoms with E-state index in [0.717, 1.165) is 51.7 Å². The number of benzene rings is 1. The average Bonchev–Trinajstić information content (AvgIpc) is 3.54. The first-order valence-electron chi connectivity index (χ1n) is 10.1. The Labute approximate surface area is 159 Å². The van der Waals surface area contributed by atoms with Gasteiger partial charge in [-0.1, -0.05) is 6.07 Å². The van der Waals surface area contributed by atoms with Gasteiger partial charge in [-0.15, -0.1) is 0 Å². The van der Waals surface area contributed by atoms with Crippen LogP contribution < -0.4 is 0 Å². The van der Waals surface area contributed by atoms with Gasteiger partial charge in [-0.3, -0.25) is 9.59 Å². The molecule has 6 heteroatoms. The first-order chi connectivity index (χ1) is 13.1. The highest BCUT2D eigenvalue weighted by atomic mass is 19.1. The topological polar surface area (TPSA) is 49.9 Å². The highest BCUT2D eigenvalue weighted by Crippen LogP contribution is 2.35. The Kier molecular flexibility index (Phi) is 5.43. The number of halogens is 1. The van der Waals surface area contributed by atoms with Gasteiger partial charge in [0.2, 0.25) is 5.91 Å². The van der Waals surface area contributed by atoms with Crippen LogP contribution in [0.4, 0.5) is 4.39 Å². The summed E-state index contributed by atoms with van der Waals surface area (Å²) in [4.78, 5) is 29.5. The lowest BCUT2D eigenvalue weighted by atomic mass is 9.96. The van der Waals surface area contributed by atoms with Crippen LogP contribution in [-0.4, -0.2) is 60.0 Å². The van der Waals surface area contributed by atoms with Gasteiger partial charge >= 0.3 is 0 Å². The molecule has 2 amide bonds. The SMILES string of the molecule is O=C(c1cccc(F)c1)N1CCC(N(C(=O)C2CC2)C2CCOCC2)CC1. The minimum absolute atomic E-state index is 0.126. The standard InChI is InChI=1S/C21H27FN2O3/c22-17-3-1-2-16(14-17)20(25)23-10-6-18(7-11-23)24(21(26)15-4-5-15)19-8-12-27-13-9-19/h1-3,14-15,18-19H,4-13H2. The third kappa shape index (κ3) is 4.15. The van der Waals surface area contributed by atoms with Crippen LogP contribution in [0.25, 0.3) is 0 Å². The van der Waals surface area contributed by atoms with Crippen molar-refractivity contribution >= 4 is 11.8 Å². The maximum Gasteiger partial charge on any atom is 0.253 e. The van der Waals surface area contributed by atoms with Crippen LogP contribution in [0.3, 0.4) is 0 Å². The number of nitrogens with zero attached hydrogens (tertiary/aromatic N) is 2. The van der Waals surface area contributed by atoms with Crippen molar-refractivity contribution in [2.75, 3.05) is 26.3 Å². The third-order valence-corrected chi connectivity index (χ3v) is 5.98. The summed E-state index contributed by atoms with van der Waals surface area (Å²) in [5.74, 6) is -0.00727. The monoisotopic (exact) mass is 374 g/mol. The number of carbonyl (C=O) groups is 2. The van der Waals surface area contributed by atoms with Crippen LogP contribution in [0.5, 0.6) is 0 Å². The number of hydrogen-bond acceptors (Lipinski definition) is 3. The largest absolute Gasteiger partial charge is 0.381 e. The van der Waals surface area contributed by atoms with E-state index in [-0.39, 0.29) is 23.9 Å². The smallest absolute Gasteiger partial charge is 0.253 e. The molecule has 0 atom stereocenters. The van der Waals surface area contributed by atoms with E-state index >= 15 is 0 Å². The molecule has 1 aliphatic carbocycles. The molecule has 3 aliphatic rings. The van der Waals surface area contributed by atoms with E-state index < -0.39 is 5.82 Å². The lowest BCUT2D eigenvalue weighted by Crippen LogP contribution is -2.54. The fourth-order valence-corrected chi connectivity index (χ4v) is 4.31. The number of hydrogen-bond donors (Lipinski definition) is 0. The Morgan fingerprint density at radius 2 is 1.67 bits per heavy atom. The molecule has 2 heterocycles. The molecule has 1 saturated carbocycles. The second kappa shape index (κ2) is 7.97.